The summed E-state index contributed by atoms with van der Waals surface area (Å²) < 4.78 is 6.65. The lowest BCUT2D eigenvalue weighted by molar-refractivity contribution is -0.0132. The van der Waals surface area contributed by atoms with Gasteiger partial charge in [0.2, 0.25) is 0 Å². The standard InChI is InChI=1S/C14H17ClINO2/c1-14(19-2)5-7-17(8-6-14)12-9-10(16)3-4-11(12)13(15)18/h3-4,9H,5-8H2,1-2H3. The van der Waals surface area contributed by atoms with Gasteiger partial charge in [-0.1, -0.05) is 0 Å². The Kier molecular flexibility index (Phi) is 4.74. The molecule has 0 aromatic heterocycles. The Morgan fingerprint density at radius 3 is 2.58 bits per heavy atom. The van der Waals surface area contributed by atoms with E-state index in [1.165, 1.54) is 0 Å². The van der Waals surface area contributed by atoms with Crippen LogP contribution in [0.2, 0.25) is 0 Å². The van der Waals surface area contributed by atoms with Crippen LogP contribution in [0.1, 0.15) is 30.1 Å². The number of rotatable bonds is 3. The van der Waals surface area contributed by atoms with E-state index < -0.39 is 5.24 Å². The van der Waals surface area contributed by atoms with Gasteiger partial charge in [-0.15, -0.1) is 0 Å². The summed E-state index contributed by atoms with van der Waals surface area (Å²) >= 11 is 7.92. The van der Waals surface area contributed by atoms with Crippen LogP contribution in [-0.2, 0) is 4.74 Å². The third-order valence-electron chi connectivity index (χ3n) is 3.83. The highest BCUT2D eigenvalue weighted by Gasteiger charge is 2.30. The van der Waals surface area contributed by atoms with Crippen LogP contribution in [0.25, 0.3) is 0 Å². The minimum Gasteiger partial charge on any atom is -0.378 e. The molecule has 1 aliphatic heterocycles. The predicted molar refractivity (Wildman–Crippen MR) is 86.2 cm³/mol. The van der Waals surface area contributed by atoms with E-state index in [9.17, 15) is 4.79 Å². The van der Waals surface area contributed by atoms with Crippen LogP contribution in [0.5, 0.6) is 0 Å². The molecule has 0 aliphatic carbocycles. The van der Waals surface area contributed by atoms with Gasteiger partial charge in [0, 0.05) is 29.5 Å². The van der Waals surface area contributed by atoms with E-state index >= 15 is 0 Å². The molecule has 5 heteroatoms. The first-order valence-corrected chi connectivity index (χ1v) is 7.70. The van der Waals surface area contributed by atoms with Gasteiger partial charge in [-0.25, -0.2) is 0 Å². The fourth-order valence-corrected chi connectivity index (χ4v) is 2.99. The van der Waals surface area contributed by atoms with Crippen LogP contribution in [0.3, 0.4) is 0 Å². The number of nitrogens with zero attached hydrogens (tertiary/aromatic N) is 1. The van der Waals surface area contributed by atoms with Gasteiger partial charge in [0.25, 0.3) is 5.24 Å². The van der Waals surface area contributed by atoms with Crippen molar-refractivity contribution in [3.8, 4) is 0 Å². The van der Waals surface area contributed by atoms with Crippen molar-refractivity contribution < 1.29 is 9.53 Å². The van der Waals surface area contributed by atoms with Crippen molar-refractivity contribution in [2.45, 2.75) is 25.4 Å². The Morgan fingerprint density at radius 1 is 1.42 bits per heavy atom. The maximum atomic E-state index is 11.5. The summed E-state index contributed by atoms with van der Waals surface area (Å²) in [6.07, 6.45) is 1.90. The maximum Gasteiger partial charge on any atom is 0.254 e. The van der Waals surface area contributed by atoms with E-state index in [1.807, 2.05) is 12.1 Å². The van der Waals surface area contributed by atoms with Crippen LogP contribution in [0.15, 0.2) is 18.2 Å². The van der Waals surface area contributed by atoms with E-state index in [4.69, 9.17) is 16.3 Å². The lowest BCUT2D eigenvalue weighted by Gasteiger charge is -2.40. The van der Waals surface area contributed by atoms with E-state index in [1.54, 1.807) is 13.2 Å². The van der Waals surface area contributed by atoms with Crippen LogP contribution in [0.4, 0.5) is 5.69 Å². The molecular weight excluding hydrogens is 377 g/mol. The van der Waals surface area contributed by atoms with Crippen molar-refractivity contribution in [1.82, 2.24) is 0 Å². The molecule has 0 spiro atoms. The van der Waals surface area contributed by atoms with Crippen molar-refractivity contribution >= 4 is 45.1 Å². The predicted octanol–water partition coefficient (Wildman–Crippen LogP) is 3.68. The SMILES string of the molecule is COC1(C)CCN(c2cc(I)ccc2C(=O)Cl)CC1. The fraction of sp³-hybridized carbons (Fsp3) is 0.500. The highest BCUT2D eigenvalue weighted by Crippen LogP contribution is 2.31. The number of ether oxygens (including phenoxy) is 1. The van der Waals surface area contributed by atoms with Gasteiger partial charge < -0.3 is 9.64 Å². The molecule has 104 valence electrons. The van der Waals surface area contributed by atoms with Gasteiger partial charge in [0.15, 0.2) is 0 Å². The average Bonchev–Trinajstić information content (AvgIpc) is 2.39. The molecule has 0 amide bonds. The van der Waals surface area contributed by atoms with Crippen LogP contribution in [0, 0.1) is 3.57 Å². The Bertz CT molecular complexity index is 484. The van der Waals surface area contributed by atoms with Crippen molar-refractivity contribution in [3.05, 3.63) is 27.3 Å². The van der Waals surface area contributed by atoms with E-state index in [0.29, 0.717) is 5.56 Å². The van der Waals surface area contributed by atoms with Gasteiger partial charge in [-0.3, -0.25) is 4.79 Å². The molecule has 1 aliphatic rings. The highest BCUT2D eigenvalue weighted by atomic mass is 127. The summed E-state index contributed by atoms with van der Waals surface area (Å²) in [5.41, 5.74) is 1.47. The number of anilines is 1. The zero-order valence-electron chi connectivity index (χ0n) is 11.1. The smallest absolute Gasteiger partial charge is 0.254 e. The van der Waals surface area contributed by atoms with Crippen molar-refractivity contribution in [2.24, 2.45) is 0 Å². The maximum absolute atomic E-state index is 11.5. The Morgan fingerprint density at radius 2 is 2.05 bits per heavy atom. The van der Waals surface area contributed by atoms with Crippen LogP contribution >= 0.6 is 34.2 Å². The average molecular weight is 394 g/mol. The third-order valence-corrected chi connectivity index (χ3v) is 4.70. The summed E-state index contributed by atoms with van der Waals surface area (Å²) in [5, 5.41) is -0.397. The molecule has 0 radical (unpaired) electrons. The topological polar surface area (TPSA) is 29.5 Å². The Balaban J connectivity index is 2.24. The number of methoxy groups -OCH3 is 1. The van der Waals surface area contributed by atoms with Gasteiger partial charge in [0.05, 0.1) is 11.2 Å². The molecule has 1 heterocycles. The van der Waals surface area contributed by atoms with E-state index in [0.717, 1.165) is 35.2 Å². The van der Waals surface area contributed by atoms with Gasteiger partial charge in [0.1, 0.15) is 0 Å². The van der Waals surface area contributed by atoms with Crippen molar-refractivity contribution in [3.63, 3.8) is 0 Å². The molecule has 0 bridgehead atoms. The van der Waals surface area contributed by atoms with Gasteiger partial charge in [-0.05, 0) is 72.2 Å². The highest BCUT2D eigenvalue weighted by molar-refractivity contribution is 14.1. The molecular formula is C14H17ClINO2. The Labute approximate surface area is 132 Å². The number of benzene rings is 1. The second-order valence-electron chi connectivity index (χ2n) is 5.08. The minimum absolute atomic E-state index is 0.0520. The quantitative estimate of drug-likeness (QED) is 0.580. The summed E-state index contributed by atoms with van der Waals surface area (Å²) in [7, 11) is 1.76. The first-order valence-electron chi connectivity index (χ1n) is 6.25. The first kappa shape index (κ1) is 15.1. The first-order chi connectivity index (χ1) is 8.95. The monoisotopic (exact) mass is 393 g/mol. The normalized spacial score (nSPS) is 18.4. The molecule has 3 nitrogen and oxygen atoms in total. The third kappa shape index (κ3) is 3.41. The largest absolute Gasteiger partial charge is 0.378 e. The second-order valence-corrected chi connectivity index (χ2v) is 6.67. The zero-order chi connectivity index (χ0) is 14.0. The lowest BCUT2D eigenvalue weighted by atomic mass is 9.93. The second kappa shape index (κ2) is 5.97. The fourth-order valence-electron chi connectivity index (χ4n) is 2.36. The summed E-state index contributed by atoms with van der Waals surface area (Å²) in [5.74, 6) is 0. The Hall–Kier alpha value is -0.330. The number of halogens is 2. The molecule has 0 saturated carbocycles. The van der Waals surface area contributed by atoms with Gasteiger partial charge in [-0.2, -0.15) is 0 Å². The lowest BCUT2D eigenvalue weighted by Crippen LogP contribution is -2.44. The molecule has 19 heavy (non-hydrogen) atoms. The molecule has 1 saturated heterocycles. The minimum atomic E-state index is -0.397. The summed E-state index contributed by atoms with van der Waals surface area (Å²) in [4.78, 5) is 13.7. The summed E-state index contributed by atoms with van der Waals surface area (Å²) in [6.45, 7) is 3.88. The molecule has 0 unspecified atom stereocenters. The van der Waals surface area contributed by atoms with Crippen LogP contribution in [-0.4, -0.2) is 31.0 Å². The summed E-state index contributed by atoms with van der Waals surface area (Å²) in [6, 6.07) is 5.73. The van der Waals surface area contributed by atoms with E-state index in [-0.39, 0.29) is 5.60 Å². The molecule has 2 rings (SSSR count). The van der Waals surface area contributed by atoms with Gasteiger partial charge >= 0.3 is 0 Å². The van der Waals surface area contributed by atoms with Crippen molar-refractivity contribution in [1.29, 1.82) is 0 Å². The molecule has 0 atom stereocenters. The number of carbonyl (C=O) groups excluding carboxylic acids is 1. The zero-order valence-corrected chi connectivity index (χ0v) is 14.0. The van der Waals surface area contributed by atoms with Crippen molar-refractivity contribution in [2.75, 3.05) is 25.1 Å². The molecule has 0 N–H and O–H groups in total. The molecule has 1 fully saturated rings. The molecule has 1 aromatic carbocycles. The molecule has 1 aromatic rings. The number of carbonyl (C=O) groups is 1. The number of hydrogen-bond donors (Lipinski definition) is 0. The van der Waals surface area contributed by atoms with Crippen LogP contribution < -0.4 is 4.90 Å². The van der Waals surface area contributed by atoms with E-state index in [2.05, 4.69) is 34.4 Å². The number of hydrogen-bond acceptors (Lipinski definition) is 3. The number of piperidine rings is 1.